The summed E-state index contributed by atoms with van der Waals surface area (Å²) >= 11 is 0. The topological polar surface area (TPSA) is 40.6 Å². The molecule has 0 saturated carbocycles. The molecule has 4 rings (SSSR count). The zero-order valence-electron chi connectivity index (χ0n) is 16.1. The number of hydrogen-bond acceptors (Lipinski definition) is 5. The van der Waals surface area contributed by atoms with E-state index < -0.39 is 11.6 Å². The van der Waals surface area contributed by atoms with Crippen molar-refractivity contribution < 1.29 is 13.5 Å². The molecule has 1 saturated heterocycles. The molecule has 1 fully saturated rings. The van der Waals surface area contributed by atoms with Crippen LogP contribution in [0.25, 0.3) is 0 Å². The van der Waals surface area contributed by atoms with Gasteiger partial charge in [0.05, 0.1) is 6.20 Å². The van der Waals surface area contributed by atoms with Gasteiger partial charge in [0, 0.05) is 43.6 Å². The van der Waals surface area contributed by atoms with Crippen LogP contribution in [-0.4, -0.2) is 43.1 Å². The fraction of sp³-hybridized carbons (Fsp3) is 0.227. The van der Waals surface area contributed by atoms with E-state index in [1.807, 2.05) is 12.1 Å². The molecule has 3 aromatic rings. The minimum absolute atomic E-state index is 0.214. The maximum atomic E-state index is 13.3. The average molecular weight is 396 g/mol. The normalized spacial score (nSPS) is 14.7. The van der Waals surface area contributed by atoms with Gasteiger partial charge < -0.3 is 19.9 Å². The average Bonchev–Trinajstić information content (AvgIpc) is 2.73. The molecule has 0 bridgehead atoms. The molecule has 0 aliphatic carbocycles. The third-order valence-electron chi connectivity index (χ3n) is 4.85. The first-order valence-electron chi connectivity index (χ1n) is 9.46. The number of rotatable bonds is 5. The van der Waals surface area contributed by atoms with E-state index in [4.69, 9.17) is 4.74 Å². The van der Waals surface area contributed by atoms with Gasteiger partial charge in [0.2, 0.25) is 0 Å². The lowest BCUT2D eigenvalue weighted by Gasteiger charge is -2.34. The molecule has 7 heteroatoms. The van der Waals surface area contributed by atoms with Crippen molar-refractivity contribution in [1.82, 2.24) is 9.88 Å². The molecule has 0 amide bonds. The highest BCUT2D eigenvalue weighted by Crippen LogP contribution is 2.26. The highest BCUT2D eigenvalue weighted by molar-refractivity contribution is 5.63. The van der Waals surface area contributed by atoms with E-state index in [-0.39, 0.29) is 5.75 Å². The van der Waals surface area contributed by atoms with Gasteiger partial charge in [-0.1, -0.05) is 6.07 Å². The Morgan fingerprint density at radius 1 is 0.897 bits per heavy atom. The molecular formula is C22H22F2N4O. The smallest absolute Gasteiger partial charge is 0.162 e. The molecule has 150 valence electrons. The van der Waals surface area contributed by atoms with Crippen molar-refractivity contribution in [1.29, 1.82) is 0 Å². The summed E-state index contributed by atoms with van der Waals surface area (Å²) in [5.74, 6) is -0.542. The van der Waals surface area contributed by atoms with Crippen LogP contribution in [0.3, 0.4) is 0 Å². The van der Waals surface area contributed by atoms with Crippen LogP contribution in [0.4, 0.5) is 26.0 Å². The van der Waals surface area contributed by atoms with E-state index >= 15 is 0 Å². The van der Waals surface area contributed by atoms with Gasteiger partial charge in [0.25, 0.3) is 0 Å². The summed E-state index contributed by atoms with van der Waals surface area (Å²) < 4.78 is 31.8. The van der Waals surface area contributed by atoms with Crippen LogP contribution < -0.4 is 15.0 Å². The Kier molecular flexibility index (Phi) is 5.57. The molecule has 1 aliphatic heterocycles. The molecule has 0 spiro atoms. The Morgan fingerprint density at radius 3 is 2.41 bits per heavy atom. The number of halogens is 2. The van der Waals surface area contributed by atoms with E-state index in [0.29, 0.717) is 11.6 Å². The Bertz CT molecular complexity index is 973. The Balaban J connectivity index is 1.41. The van der Waals surface area contributed by atoms with Gasteiger partial charge in [-0.15, -0.1) is 0 Å². The van der Waals surface area contributed by atoms with Gasteiger partial charge in [-0.05, 0) is 49.5 Å². The molecule has 1 aliphatic rings. The van der Waals surface area contributed by atoms with Crippen molar-refractivity contribution in [3.05, 3.63) is 72.4 Å². The number of hydrogen-bond donors (Lipinski definition) is 1. The molecule has 5 nitrogen and oxygen atoms in total. The van der Waals surface area contributed by atoms with Gasteiger partial charge in [-0.2, -0.15) is 0 Å². The number of likely N-dealkylation sites (N-methyl/N-ethyl adjacent to an activating group) is 1. The molecule has 2 aromatic carbocycles. The lowest BCUT2D eigenvalue weighted by Crippen LogP contribution is -2.44. The van der Waals surface area contributed by atoms with Crippen LogP contribution in [0.5, 0.6) is 11.5 Å². The molecule has 0 unspecified atom stereocenters. The number of benzene rings is 2. The molecule has 2 heterocycles. The highest BCUT2D eigenvalue weighted by Gasteiger charge is 2.14. The van der Waals surface area contributed by atoms with Crippen molar-refractivity contribution in [3.8, 4) is 11.5 Å². The summed E-state index contributed by atoms with van der Waals surface area (Å²) in [7, 11) is 2.14. The van der Waals surface area contributed by atoms with Crippen molar-refractivity contribution >= 4 is 17.2 Å². The van der Waals surface area contributed by atoms with E-state index in [1.165, 1.54) is 18.0 Å². The zero-order valence-corrected chi connectivity index (χ0v) is 16.1. The molecular weight excluding hydrogens is 374 g/mol. The second-order valence-corrected chi connectivity index (χ2v) is 7.02. The first-order chi connectivity index (χ1) is 14.1. The number of anilines is 3. The molecule has 1 N–H and O–H groups in total. The minimum atomic E-state index is -0.950. The van der Waals surface area contributed by atoms with Crippen LogP contribution in [0.15, 0.2) is 60.8 Å². The summed E-state index contributed by atoms with van der Waals surface area (Å²) in [5.41, 5.74) is 2.13. The predicted molar refractivity (Wildman–Crippen MR) is 110 cm³/mol. The number of piperazine rings is 1. The van der Waals surface area contributed by atoms with Crippen LogP contribution in [0.2, 0.25) is 0 Å². The molecule has 1 aromatic heterocycles. The van der Waals surface area contributed by atoms with Gasteiger partial charge in [-0.3, -0.25) is 0 Å². The molecule has 0 atom stereocenters. The summed E-state index contributed by atoms with van der Waals surface area (Å²) in [6.45, 7) is 4.12. The van der Waals surface area contributed by atoms with Gasteiger partial charge in [-0.25, -0.2) is 13.8 Å². The maximum absolute atomic E-state index is 13.3. The first kappa shape index (κ1) is 19.1. The Morgan fingerprint density at radius 2 is 1.69 bits per heavy atom. The SMILES string of the molecule is CN1CCN(c2cccc(Nc3ccc(Oc4ccc(F)c(F)c4)cn3)c2)CC1. The second-order valence-electron chi connectivity index (χ2n) is 7.02. The van der Waals surface area contributed by atoms with Crippen LogP contribution in [0.1, 0.15) is 0 Å². The van der Waals surface area contributed by atoms with Crippen LogP contribution >= 0.6 is 0 Å². The van der Waals surface area contributed by atoms with Crippen molar-refractivity contribution in [2.24, 2.45) is 0 Å². The summed E-state index contributed by atoms with van der Waals surface area (Å²) in [6, 6.07) is 15.1. The van der Waals surface area contributed by atoms with E-state index in [2.05, 4.69) is 39.3 Å². The van der Waals surface area contributed by atoms with E-state index in [0.717, 1.165) is 44.0 Å². The van der Waals surface area contributed by atoms with E-state index in [9.17, 15) is 8.78 Å². The maximum Gasteiger partial charge on any atom is 0.162 e. The summed E-state index contributed by atoms with van der Waals surface area (Å²) in [6.07, 6.45) is 1.54. The Labute approximate surface area is 168 Å². The van der Waals surface area contributed by atoms with Gasteiger partial charge >= 0.3 is 0 Å². The second kappa shape index (κ2) is 8.45. The monoisotopic (exact) mass is 396 g/mol. The van der Waals surface area contributed by atoms with Crippen molar-refractivity contribution in [2.45, 2.75) is 0 Å². The van der Waals surface area contributed by atoms with Gasteiger partial charge in [0.15, 0.2) is 11.6 Å². The predicted octanol–water partition coefficient (Wildman–Crippen LogP) is 4.65. The zero-order chi connectivity index (χ0) is 20.2. The van der Waals surface area contributed by atoms with Crippen molar-refractivity contribution in [2.75, 3.05) is 43.4 Å². The minimum Gasteiger partial charge on any atom is -0.456 e. The summed E-state index contributed by atoms with van der Waals surface area (Å²) in [5, 5.41) is 3.29. The largest absolute Gasteiger partial charge is 0.456 e. The summed E-state index contributed by atoms with van der Waals surface area (Å²) in [4.78, 5) is 9.04. The molecule has 0 radical (unpaired) electrons. The fourth-order valence-corrected chi connectivity index (χ4v) is 3.18. The number of ether oxygens (including phenoxy) is 1. The number of nitrogens with zero attached hydrogens (tertiary/aromatic N) is 3. The quantitative estimate of drug-likeness (QED) is 0.680. The van der Waals surface area contributed by atoms with Gasteiger partial charge in [0.1, 0.15) is 17.3 Å². The van der Waals surface area contributed by atoms with Crippen molar-refractivity contribution in [3.63, 3.8) is 0 Å². The Hall–Kier alpha value is -3.19. The third-order valence-corrected chi connectivity index (χ3v) is 4.85. The molecule has 29 heavy (non-hydrogen) atoms. The standard InChI is InChI=1S/C22H22F2N4O/c1-27-9-11-28(12-10-27)17-4-2-3-16(13-17)26-22-8-6-19(15-25-22)29-18-5-7-20(23)21(24)14-18/h2-8,13-15H,9-12H2,1H3,(H,25,26). The van der Waals surface area contributed by atoms with Crippen LogP contribution in [-0.2, 0) is 0 Å². The number of nitrogens with one attached hydrogen (secondary N) is 1. The lowest BCUT2D eigenvalue weighted by molar-refractivity contribution is 0.313. The highest BCUT2D eigenvalue weighted by atomic mass is 19.2. The number of aromatic nitrogens is 1. The van der Waals surface area contributed by atoms with E-state index in [1.54, 1.807) is 12.1 Å². The van der Waals surface area contributed by atoms with Crippen LogP contribution in [0, 0.1) is 11.6 Å². The fourth-order valence-electron chi connectivity index (χ4n) is 3.18. The lowest BCUT2D eigenvalue weighted by atomic mass is 10.2. The number of pyridine rings is 1. The third kappa shape index (κ3) is 4.81. The first-order valence-corrected chi connectivity index (χ1v) is 9.46.